The number of nitriles is 1. The zero-order chi connectivity index (χ0) is 23.6. The molecule has 2 rings (SSSR count). The van der Waals surface area contributed by atoms with Gasteiger partial charge in [0.25, 0.3) is 16.8 Å². The van der Waals surface area contributed by atoms with Crippen molar-refractivity contribution in [2.75, 3.05) is 38.2 Å². The zero-order valence-electron chi connectivity index (χ0n) is 18.0. The van der Waals surface area contributed by atoms with Crippen LogP contribution in [0.2, 0.25) is 0 Å². The van der Waals surface area contributed by atoms with E-state index in [0.717, 1.165) is 9.35 Å². The third kappa shape index (κ3) is 3.76. The standard InChI is InChI=1S/C21H22N6O4/c1-12-14(18(28)26(24(4)5)20(30)16(12)11-22)9-8-10-15-13(2)17(23-3)21(31)27(19(15)29)25(6)7/h9-10,28,31H,1-2,4-7H3. The van der Waals surface area contributed by atoms with Crippen molar-refractivity contribution in [1.29, 1.82) is 5.26 Å². The van der Waals surface area contributed by atoms with Gasteiger partial charge in [0.15, 0.2) is 0 Å². The Balaban J connectivity index is 2.84. The van der Waals surface area contributed by atoms with Crippen LogP contribution in [0.1, 0.15) is 27.8 Å². The number of hydrogen-bond acceptors (Lipinski definition) is 7. The maximum Gasteiger partial charge on any atom is 0.290 e. The van der Waals surface area contributed by atoms with E-state index < -0.39 is 17.0 Å². The van der Waals surface area contributed by atoms with Gasteiger partial charge in [-0.15, -0.1) is 5.73 Å². The van der Waals surface area contributed by atoms with E-state index in [0.29, 0.717) is 0 Å². The molecule has 0 bridgehead atoms. The lowest BCUT2D eigenvalue weighted by molar-refractivity contribution is 0.407. The first-order valence-electron chi connectivity index (χ1n) is 9.01. The molecule has 0 fully saturated rings. The Hall–Kier alpha value is -4.40. The molecule has 0 spiro atoms. The summed E-state index contributed by atoms with van der Waals surface area (Å²) >= 11 is 0. The molecule has 31 heavy (non-hydrogen) atoms. The van der Waals surface area contributed by atoms with Crippen molar-refractivity contribution in [2.24, 2.45) is 0 Å². The Labute approximate surface area is 178 Å². The fourth-order valence-electron chi connectivity index (χ4n) is 3.10. The molecule has 2 aromatic rings. The quantitative estimate of drug-likeness (QED) is 0.561. The van der Waals surface area contributed by atoms with Gasteiger partial charge in [0.05, 0.1) is 6.57 Å². The van der Waals surface area contributed by atoms with Crippen molar-refractivity contribution >= 4 is 17.8 Å². The molecule has 2 heterocycles. The number of pyridine rings is 2. The highest BCUT2D eigenvalue weighted by molar-refractivity contribution is 5.70. The molecular formula is C21H22N6O4. The molecule has 2 N–H and O–H groups in total. The normalized spacial score (nSPS) is 9.94. The SMILES string of the molecule is [C-]#[N+]c1c(C)c(C=C=Cc2c(C)c(C#N)c(=O)n(N(C)C)c2O)c(=O)n(N(C)C)c1O. The monoisotopic (exact) mass is 422 g/mol. The number of aromatic nitrogens is 2. The van der Waals surface area contributed by atoms with Crippen LogP contribution in [0, 0.1) is 31.8 Å². The Morgan fingerprint density at radius 3 is 1.94 bits per heavy atom. The first kappa shape index (κ1) is 22.9. The Morgan fingerprint density at radius 2 is 1.45 bits per heavy atom. The average Bonchev–Trinajstić information content (AvgIpc) is 2.66. The van der Waals surface area contributed by atoms with E-state index in [4.69, 9.17) is 6.57 Å². The molecule has 0 radical (unpaired) electrons. The molecule has 0 aromatic carbocycles. The maximum absolute atomic E-state index is 12.8. The van der Waals surface area contributed by atoms with E-state index in [2.05, 4.69) is 10.6 Å². The smallest absolute Gasteiger partial charge is 0.290 e. The van der Waals surface area contributed by atoms with Gasteiger partial charge in [-0.05, 0) is 37.1 Å². The van der Waals surface area contributed by atoms with Crippen LogP contribution in [-0.2, 0) is 0 Å². The summed E-state index contributed by atoms with van der Waals surface area (Å²) in [6.07, 6.45) is 2.66. The van der Waals surface area contributed by atoms with Crippen molar-refractivity contribution in [3.8, 4) is 17.8 Å². The molecule has 0 aliphatic rings. The largest absolute Gasteiger partial charge is 0.502 e. The molecule has 160 valence electrons. The van der Waals surface area contributed by atoms with Crippen LogP contribution < -0.4 is 21.1 Å². The number of nitrogens with zero attached hydrogens (tertiary/aromatic N) is 6. The number of aromatic hydroxyl groups is 2. The molecule has 0 atom stereocenters. The van der Waals surface area contributed by atoms with Crippen LogP contribution >= 0.6 is 0 Å². The fourth-order valence-corrected chi connectivity index (χ4v) is 3.10. The van der Waals surface area contributed by atoms with Crippen LogP contribution in [0.5, 0.6) is 11.8 Å². The van der Waals surface area contributed by atoms with Gasteiger partial charge in [-0.1, -0.05) is 0 Å². The van der Waals surface area contributed by atoms with Crippen LogP contribution in [-0.4, -0.2) is 47.8 Å². The van der Waals surface area contributed by atoms with Gasteiger partial charge in [0.1, 0.15) is 11.6 Å². The molecule has 0 amide bonds. The minimum Gasteiger partial charge on any atom is -0.502 e. The minimum atomic E-state index is -0.659. The topological polar surface area (TPSA) is 119 Å². The Bertz CT molecular complexity index is 1330. The third-order valence-electron chi connectivity index (χ3n) is 4.70. The van der Waals surface area contributed by atoms with Gasteiger partial charge in [0, 0.05) is 39.3 Å². The second-order valence-electron chi connectivity index (χ2n) is 7.06. The van der Waals surface area contributed by atoms with Crippen LogP contribution in [0.3, 0.4) is 0 Å². The summed E-state index contributed by atoms with van der Waals surface area (Å²) in [5.41, 5.74) is 2.18. The van der Waals surface area contributed by atoms with E-state index in [-0.39, 0.29) is 39.4 Å². The number of hydrogen-bond donors (Lipinski definition) is 2. The zero-order valence-corrected chi connectivity index (χ0v) is 18.0. The molecule has 0 aliphatic heterocycles. The molecule has 0 unspecified atom stereocenters. The highest BCUT2D eigenvalue weighted by Crippen LogP contribution is 2.31. The summed E-state index contributed by atoms with van der Waals surface area (Å²) in [5.74, 6) is -0.851. The van der Waals surface area contributed by atoms with E-state index >= 15 is 0 Å². The van der Waals surface area contributed by atoms with Gasteiger partial charge in [-0.2, -0.15) is 14.6 Å². The lowest BCUT2D eigenvalue weighted by Crippen LogP contribution is -2.38. The summed E-state index contributed by atoms with van der Waals surface area (Å²) < 4.78 is 1.90. The van der Waals surface area contributed by atoms with E-state index in [1.807, 2.05) is 6.07 Å². The van der Waals surface area contributed by atoms with E-state index in [9.17, 15) is 25.1 Å². The van der Waals surface area contributed by atoms with Gasteiger partial charge in [0.2, 0.25) is 11.8 Å². The molecule has 0 saturated heterocycles. The van der Waals surface area contributed by atoms with Crippen molar-refractivity contribution in [1.82, 2.24) is 9.35 Å². The first-order valence-corrected chi connectivity index (χ1v) is 9.01. The summed E-state index contributed by atoms with van der Waals surface area (Å²) in [6, 6.07) is 1.85. The fraction of sp³-hybridized carbons (Fsp3) is 0.286. The Kier molecular flexibility index (Phi) is 6.30. The van der Waals surface area contributed by atoms with Gasteiger partial charge in [-0.25, -0.2) is 4.85 Å². The Morgan fingerprint density at radius 1 is 0.935 bits per heavy atom. The lowest BCUT2D eigenvalue weighted by Gasteiger charge is -2.20. The predicted octanol–water partition coefficient (Wildman–Crippen LogP) is 1.18. The van der Waals surface area contributed by atoms with Crippen molar-refractivity contribution < 1.29 is 10.2 Å². The third-order valence-corrected chi connectivity index (χ3v) is 4.70. The highest BCUT2D eigenvalue weighted by atomic mass is 16.3. The summed E-state index contributed by atoms with van der Waals surface area (Å²) in [6.45, 7) is 10.4. The van der Waals surface area contributed by atoms with Crippen molar-refractivity contribution in [2.45, 2.75) is 13.8 Å². The number of rotatable bonds is 4. The van der Waals surface area contributed by atoms with Gasteiger partial charge < -0.3 is 20.2 Å². The molecule has 10 nitrogen and oxygen atoms in total. The second-order valence-corrected chi connectivity index (χ2v) is 7.06. The predicted molar refractivity (Wildman–Crippen MR) is 118 cm³/mol. The second kappa shape index (κ2) is 8.54. The van der Waals surface area contributed by atoms with Crippen LogP contribution in [0.4, 0.5) is 5.69 Å². The molecule has 2 aromatic heterocycles. The maximum atomic E-state index is 12.8. The van der Waals surface area contributed by atoms with E-state index in [1.165, 1.54) is 50.1 Å². The molecule has 0 aliphatic carbocycles. The summed E-state index contributed by atoms with van der Waals surface area (Å²) in [4.78, 5) is 28.5. The highest BCUT2D eigenvalue weighted by Gasteiger charge is 2.20. The van der Waals surface area contributed by atoms with Gasteiger partial charge >= 0.3 is 0 Å². The van der Waals surface area contributed by atoms with E-state index in [1.54, 1.807) is 14.1 Å². The first-order chi connectivity index (χ1) is 14.5. The minimum absolute atomic E-state index is 0.0756. The van der Waals surface area contributed by atoms with Gasteiger partial charge in [-0.3, -0.25) is 9.59 Å². The summed E-state index contributed by atoms with van der Waals surface area (Å²) in [5, 5.41) is 32.9. The average molecular weight is 422 g/mol. The molecular weight excluding hydrogens is 400 g/mol. The van der Waals surface area contributed by atoms with Crippen LogP contribution in [0.25, 0.3) is 17.0 Å². The summed E-state index contributed by atoms with van der Waals surface area (Å²) in [7, 11) is 6.16. The lowest BCUT2D eigenvalue weighted by atomic mass is 10.0. The van der Waals surface area contributed by atoms with Crippen molar-refractivity contribution in [3.05, 3.63) is 65.7 Å². The van der Waals surface area contributed by atoms with Crippen molar-refractivity contribution in [3.63, 3.8) is 0 Å². The van der Waals surface area contributed by atoms with Crippen LogP contribution in [0.15, 0.2) is 15.3 Å². The molecule has 0 saturated carbocycles. The molecule has 10 heteroatoms.